The first-order valence-electron chi connectivity index (χ1n) is 7.52. The van der Waals surface area contributed by atoms with E-state index in [4.69, 9.17) is 12.2 Å². The molecule has 2 N–H and O–H groups in total. The summed E-state index contributed by atoms with van der Waals surface area (Å²) in [7, 11) is 0. The van der Waals surface area contributed by atoms with Crippen molar-refractivity contribution >= 4 is 23.0 Å². The molecule has 1 saturated heterocycles. The normalized spacial score (nSPS) is 16.1. The van der Waals surface area contributed by atoms with Gasteiger partial charge in [-0.2, -0.15) is 0 Å². The van der Waals surface area contributed by atoms with E-state index in [1.165, 1.54) is 37.9 Å². The summed E-state index contributed by atoms with van der Waals surface area (Å²) in [5.41, 5.74) is 2.42. The Bertz CT molecular complexity index is 422. The van der Waals surface area contributed by atoms with Gasteiger partial charge in [0.2, 0.25) is 0 Å². The van der Waals surface area contributed by atoms with Gasteiger partial charge in [-0.05, 0) is 69.7 Å². The van der Waals surface area contributed by atoms with Crippen molar-refractivity contribution in [2.45, 2.75) is 45.7 Å². The van der Waals surface area contributed by atoms with Crippen molar-refractivity contribution in [1.29, 1.82) is 0 Å². The summed E-state index contributed by atoms with van der Waals surface area (Å²) in [5, 5.41) is 7.08. The maximum Gasteiger partial charge on any atom is 0.170 e. The molecule has 1 aromatic carbocycles. The van der Waals surface area contributed by atoms with E-state index >= 15 is 0 Å². The van der Waals surface area contributed by atoms with Crippen molar-refractivity contribution in [1.82, 2.24) is 10.2 Å². The summed E-state index contributed by atoms with van der Waals surface area (Å²) in [5.74, 6) is 0. The highest BCUT2D eigenvalue weighted by atomic mass is 32.1. The number of anilines is 1. The number of likely N-dealkylation sites (tertiary alicyclic amines) is 1. The van der Waals surface area contributed by atoms with Crippen LogP contribution in [0.2, 0.25) is 0 Å². The quantitative estimate of drug-likeness (QED) is 0.832. The molecule has 0 atom stereocenters. The zero-order valence-electron chi connectivity index (χ0n) is 12.5. The fraction of sp³-hybridized carbons (Fsp3) is 0.562. The zero-order valence-corrected chi connectivity index (χ0v) is 13.3. The van der Waals surface area contributed by atoms with E-state index in [0.29, 0.717) is 11.2 Å². The molecule has 2 rings (SSSR count). The van der Waals surface area contributed by atoms with Gasteiger partial charge in [-0.3, -0.25) is 4.90 Å². The minimum Gasteiger partial charge on any atom is -0.360 e. The Hall–Kier alpha value is -1.13. The summed E-state index contributed by atoms with van der Waals surface area (Å²) in [4.78, 5) is 2.54. The molecule has 0 aromatic heterocycles. The molecule has 20 heavy (non-hydrogen) atoms. The molecule has 0 aliphatic carbocycles. The molecule has 0 amide bonds. The number of nitrogens with zero attached hydrogens (tertiary/aromatic N) is 1. The maximum atomic E-state index is 5.25. The predicted molar refractivity (Wildman–Crippen MR) is 90.1 cm³/mol. The largest absolute Gasteiger partial charge is 0.360 e. The molecule has 110 valence electrons. The first-order chi connectivity index (χ1) is 9.63. The minimum atomic E-state index is 0.355. The third-order valence-electron chi connectivity index (χ3n) is 3.49. The van der Waals surface area contributed by atoms with Gasteiger partial charge in [0.1, 0.15) is 0 Å². The second-order valence-electron chi connectivity index (χ2n) is 5.79. The predicted octanol–water partition coefficient (Wildman–Crippen LogP) is 3.37. The average molecular weight is 291 g/mol. The number of benzene rings is 1. The molecule has 1 heterocycles. The molecule has 0 saturated carbocycles. The van der Waals surface area contributed by atoms with Gasteiger partial charge >= 0.3 is 0 Å². The summed E-state index contributed by atoms with van der Waals surface area (Å²) in [6.07, 6.45) is 4.07. The Labute approximate surface area is 127 Å². The van der Waals surface area contributed by atoms with Crippen LogP contribution in [0.3, 0.4) is 0 Å². The molecule has 1 fully saturated rings. The van der Waals surface area contributed by atoms with Gasteiger partial charge in [-0.1, -0.05) is 18.6 Å². The summed E-state index contributed by atoms with van der Waals surface area (Å²) in [6.45, 7) is 7.70. The number of thiocarbonyl (C=S) groups is 1. The smallest absolute Gasteiger partial charge is 0.170 e. The van der Waals surface area contributed by atoms with Gasteiger partial charge in [0, 0.05) is 18.3 Å². The molecule has 0 spiro atoms. The van der Waals surface area contributed by atoms with Crippen molar-refractivity contribution < 1.29 is 0 Å². The first-order valence-corrected chi connectivity index (χ1v) is 7.93. The lowest BCUT2D eigenvalue weighted by atomic mass is 10.1. The molecule has 1 aliphatic rings. The molecule has 0 radical (unpaired) electrons. The van der Waals surface area contributed by atoms with Crippen molar-refractivity contribution in [2.75, 3.05) is 18.4 Å². The van der Waals surface area contributed by atoms with Crippen LogP contribution in [0, 0.1) is 0 Å². The maximum absolute atomic E-state index is 5.25. The van der Waals surface area contributed by atoms with Crippen molar-refractivity contribution in [3.05, 3.63) is 29.8 Å². The zero-order chi connectivity index (χ0) is 14.4. The fourth-order valence-electron chi connectivity index (χ4n) is 2.50. The van der Waals surface area contributed by atoms with Crippen molar-refractivity contribution in [3.8, 4) is 0 Å². The van der Waals surface area contributed by atoms with Gasteiger partial charge in [0.15, 0.2) is 5.11 Å². The third-order valence-corrected chi connectivity index (χ3v) is 3.71. The molecule has 3 nitrogen and oxygen atoms in total. The number of hydrogen-bond acceptors (Lipinski definition) is 2. The lowest BCUT2D eigenvalue weighted by Crippen LogP contribution is -2.33. The highest BCUT2D eigenvalue weighted by Crippen LogP contribution is 2.15. The Kier molecular flexibility index (Phi) is 5.80. The van der Waals surface area contributed by atoms with Crippen LogP contribution >= 0.6 is 12.2 Å². The van der Waals surface area contributed by atoms with E-state index in [1.807, 2.05) is 0 Å². The van der Waals surface area contributed by atoms with Crippen LogP contribution in [0.4, 0.5) is 5.69 Å². The van der Waals surface area contributed by atoms with Crippen molar-refractivity contribution in [3.63, 3.8) is 0 Å². The lowest BCUT2D eigenvalue weighted by Gasteiger charge is -2.26. The second kappa shape index (κ2) is 7.60. The molecule has 4 heteroatoms. The standard InChI is InChI=1S/C16H25N3S/c1-13(2)17-16(20)18-15-8-6-14(7-9-15)12-19-10-4-3-5-11-19/h6-9,13H,3-5,10-12H2,1-2H3,(H2,17,18,20). The molecule has 0 bridgehead atoms. The van der Waals surface area contributed by atoms with Crippen LogP contribution in [0.25, 0.3) is 0 Å². The van der Waals surface area contributed by atoms with Crippen LogP contribution in [-0.4, -0.2) is 29.1 Å². The van der Waals surface area contributed by atoms with Crippen molar-refractivity contribution in [2.24, 2.45) is 0 Å². The molecule has 0 unspecified atom stereocenters. The van der Waals surface area contributed by atoms with Crippen LogP contribution in [-0.2, 0) is 6.54 Å². The Balaban J connectivity index is 1.84. The first kappa shape index (κ1) is 15.3. The topological polar surface area (TPSA) is 27.3 Å². The highest BCUT2D eigenvalue weighted by molar-refractivity contribution is 7.80. The summed E-state index contributed by atoms with van der Waals surface area (Å²) >= 11 is 5.25. The summed E-state index contributed by atoms with van der Waals surface area (Å²) < 4.78 is 0. The van der Waals surface area contributed by atoms with Gasteiger partial charge in [-0.15, -0.1) is 0 Å². The number of rotatable bonds is 4. The van der Waals surface area contributed by atoms with Crippen LogP contribution < -0.4 is 10.6 Å². The minimum absolute atomic E-state index is 0.355. The molecular weight excluding hydrogens is 266 g/mol. The number of hydrogen-bond donors (Lipinski definition) is 2. The van der Waals surface area contributed by atoms with E-state index in [1.54, 1.807) is 0 Å². The molecule has 1 aliphatic heterocycles. The van der Waals surface area contributed by atoms with E-state index in [2.05, 4.69) is 53.6 Å². The van der Waals surface area contributed by atoms with Gasteiger partial charge in [0.25, 0.3) is 0 Å². The van der Waals surface area contributed by atoms with E-state index in [9.17, 15) is 0 Å². The second-order valence-corrected chi connectivity index (χ2v) is 6.20. The number of nitrogens with one attached hydrogen (secondary N) is 2. The SMILES string of the molecule is CC(C)NC(=S)Nc1ccc(CN2CCCCC2)cc1. The molecule has 1 aromatic rings. The van der Waals surface area contributed by atoms with Gasteiger partial charge in [-0.25, -0.2) is 0 Å². The fourth-order valence-corrected chi connectivity index (χ4v) is 2.85. The highest BCUT2D eigenvalue weighted by Gasteiger charge is 2.10. The van der Waals surface area contributed by atoms with Gasteiger partial charge in [0.05, 0.1) is 0 Å². The van der Waals surface area contributed by atoms with E-state index in [0.717, 1.165) is 12.2 Å². The van der Waals surface area contributed by atoms with Crippen LogP contribution in [0.1, 0.15) is 38.7 Å². The van der Waals surface area contributed by atoms with Crippen LogP contribution in [0.5, 0.6) is 0 Å². The average Bonchev–Trinajstić information content (AvgIpc) is 2.41. The van der Waals surface area contributed by atoms with E-state index < -0.39 is 0 Å². The van der Waals surface area contributed by atoms with E-state index in [-0.39, 0.29) is 0 Å². The Morgan fingerprint density at radius 2 is 1.80 bits per heavy atom. The van der Waals surface area contributed by atoms with Gasteiger partial charge < -0.3 is 10.6 Å². The Morgan fingerprint density at radius 3 is 2.40 bits per heavy atom. The number of piperidine rings is 1. The Morgan fingerprint density at radius 1 is 1.15 bits per heavy atom. The monoisotopic (exact) mass is 291 g/mol. The molecular formula is C16H25N3S. The summed E-state index contributed by atoms with van der Waals surface area (Å²) in [6, 6.07) is 8.94. The lowest BCUT2D eigenvalue weighted by molar-refractivity contribution is 0.221. The third kappa shape index (κ3) is 5.10. The van der Waals surface area contributed by atoms with Crippen LogP contribution in [0.15, 0.2) is 24.3 Å².